The fraction of sp³-hybridized carbons (Fsp3) is 0.133. The molecule has 0 unspecified atom stereocenters. The van der Waals surface area contributed by atoms with Gasteiger partial charge in [-0.1, -0.05) is 23.9 Å². The van der Waals surface area contributed by atoms with Crippen molar-refractivity contribution in [1.82, 2.24) is 4.57 Å². The first kappa shape index (κ1) is 13.6. The van der Waals surface area contributed by atoms with Gasteiger partial charge in [-0.15, -0.1) is 0 Å². The number of aliphatic imine (C=N–C) groups is 1. The average Bonchev–Trinajstić information content (AvgIpc) is 3.09. The number of aromatic nitrogens is 1. The number of carbonyl (C=O) groups excluding carboxylic acids is 1. The molecule has 21 heavy (non-hydrogen) atoms. The first-order valence-electron chi connectivity index (χ1n) is 6.38. The molecule has 2 heterocycles. The molecule has 1 amide bonds. The fourth-order valence-electron chi connectivity index (χ4n) is 2.11. The highest BCUT2D eigenvalue weighted by Crippen LogP contribution is 2.29. The van der Waals surface area contributed by atoms with E-state index in [4.69, 9.17) is 5.11 Å². The standard InChI is InChI=1S/C15H12N2O3S/c18-13(19)9-12-14(20)16-15(21-12)10-4-3-5-11(8-10)17-6-1-2-7-17/h1-8,12H,9H2,(H,18,19)/t12-/m0/s1. The maximum Gasteiger partial charge on any atom is 0.305 e. The molecule has 0 fully saturated rings. The van der Waals surface area contributed by atoms with E-state index in [1.165, 1.54) is 11.8 Å². The van der Waals surface area contributed by atoms with Gasteiger partial charge in [0.2, 0.25) is 0 Å². The van der Waals surface area contributed by atoms with Crippen molar-refractivity contribution in [3.05, 3.63) is 54.4 Å². The van der Waals surface area contributed by atoms with Gasteiger partial charge in [0.25, 0.3) is 5.91 Å². The molecular formula is C15H12N2O3S. The molecule has 0 bridgehead atoms. The number of benzene rings is 1. The molecule has 0 saturated heterocycles. The summed E-state index contributed by atoms with van der Waals surface area (Å²) < 4.78 is 1.96. The Balaban J connectivity index is 1.85. The molecule has 5 nitrogen and oxygen atoms in total. The van der Waals surface area contributed by atoms with Gasteiger partial charge in [0.05, 0.1) is 6.42 Å². The topological polar surface area (TPSA) is 71.7 Å². The van der Waals surface area contributed by atoms with Crippen LogP contribution in [0.2, 0.25) is 0 Å². The molecule has 3 rings (SSSR count). The lowest BCUT2D eigenvalue weighted by Crippen LogP contribution is -2.15. The Labute approximate surface area is 125 Å². The normalized spacial score (nSPS) is 17.8. The first-order valence-corrected chi connectivity index (χ1v) is 7.26. The lowest BCUT2D eigenvalue weighted by molar-refractivity contribution is -0.138. The van der Waals surface area contributed by atoms with Crippen LogP contribution in [0.1, 0.15) is 12.0 Å². The van der Waals surface area contributed by atoms with Gasteiger partial charge in [0.15, 0.2) is 0 Å². The van der Waals surface area contributed by atoms with Crippen molar-refractivity contribution in [2.45, 2.75) is 11.7 Å². The van der Waals surface area contributed by atoms with Crippen molar-refractivity contribution < 1.29 is 14.7 Å². The Bertz CT molecular complexity index is 722. The number of aliphatic carboxylic acids is 1. The average molecular weight is 300 g/mol. The largest absolute Gasteiger partial charge is 0.481 e. The first-order chi connectivity index (χ1) is 10.1. The highest BCUT2D eigenvalue weighted by molar-refractivity contribution is 8.16. The number of amides is 1. The summed E-state index contributed by atoms with van der Waals surface area (Å²) in [7, 11) is 0. The molecule has 2 aromatic rings. The van der Waals surface area contributed by atoms with Crippen LogP contribution in [0.4, 0.5) is 0 Å². The van der Waals surface area contributed by atoms with E-state index in [9.17, 15) is 9.59 Å². The molecule has 1 aliphatic heterocycles. The van der Waals surface area contributed by atoms with Gasteiger partial charge in [-0.3, -0.25) is 9.59 Å². The van der Waals surface area contributed by atoms with Crippen LogP contribution >= 0.6 is 11.8 Å². The van der Waals surface area contributed by atoms with Crippen LogP contribution in [0.15, 0.2) is 53.8 Å². The molecular weight excluding hydrogens is 288 g/mol. The zero-order valence-electron chi connectivity index (χ0n) is 11.0. The second-order valence-corrected chi connectivity index (χ2v) is 5.79. The van der Waals surface area contributed by atoms with E-state index in [0.717, 1.165) is 11.3 Å². The van der Waals surface area contributed by atoms with Crippen LogP contribution < -0.4 is 0 Å². The number of carbonyl (C=O) groups is 2. The van der Waals surface area contributed by atoms with E-state index in [-0.39, 0.29) is 12.3 Å². The number of hydrogen-bond acceptors (Lipinski definition) is 3. The minimum atomic E-state index is -0.988. The summed E-state index contributed by atoms with van der Waals surface area (Å²) in [5.41, 5.74) is 1.79. The zero-order valence-corrected chi connectivity index (χ0v) is 11.8. The molecule has 0 spiro atoms. The zero-order chi connectivity index (χ0) is 14.8. The quantitative estimate of drug-likeness (QED) is 0.940. The molecule has 1 aromatic heterocycles. The minimum Gasteiger partial charge on any atom is -0.481 e. The molecule has 1 aliphatic rings. The molecule has 0 saturated carbocycles. The Morgan fingerprint density at radius 2 is 2.05 bits per heavy atom. The Morgan fingerprint density at radius 3 is 2.76 bits per heavy atom. The predicted octanol–water partition coefficient (Wildman–Crippen LogP) is 2.34. The van der Waals surface area contributed by atoms with Crippen LogP contribution in [-0.4, -0.2) is 31.8 Å². The third kappa shape index (κ3) is 2.90. The van der Waals surface area contributed by atoms with Crippen molar-refractivity contribution >= 4 is 28.7 Å². The van der Waals surface area contributed by atoms with E-state index < -0.39 is 11.2 Å². The van der Waals surface area contributed by atoms with E-state index in [1.54, 1.807) is 0 Å². The summed E-state index contributed by atoms with van der Waals surface area (Å²) in [5.74, 6) is -1.36. The summed E-state index contributed by atoms with van der Waals surface area (Å²) in [4.78, 5) is 26.4. The predicted molar refractivity (Wildman–Crippen MR) is 80.9 cm³/mol. The number of carboxylic acids is 1. The van der Waals surface area contributed by atoms with Crippen LogP contribution in [0.25, 0.3) is 5.69 Å². The van der Waals surface area contributed by atoms with E-state index >= 15 is 0 Å². The van der Waals surface area contributed by atoms with Crippen molar-refractivity contribution in [2.24, 2.45) is 4.99 Å². The Hall–Kier alpha value is -2.34. The fourth-order valence-corrected chi connectivity index (χ4v) is 3.16. The molecule has 106 valence electrons. The van der Waals surface area contributed by atoms with Gasteiger partial charge in [-0.05, 0) is 24.3 Å². The number of rotatable bonds is 4. The maximum absolute atomic E-state index is 11.7. The van der Waals surface area contributed by atoms with E-state index in [2.05, 4.69) is 4.99 Å². The molecule has 1 aromatic carbocycles. The Morgan fingerprint density at radius 1 is 1.29 bits per heavy atom. The third-order valence-corrected chi connectivity index (χ3v) is 4.30. The van der Waals surface area contributed by atoms with E-state index in [1.807, 2.05) is 53.4 Å². The lowest BCUT2D eigenvalue weighted by atomic mass is 10.2. The smallest absolute Gasteiger partial charge is 0.305 e. The summed E-state index contributed by atoms with van der Waals surface area (Å²) >= 11 is 1.22. The SMILES string of the molecule is O=C(O)C[C@@H]1SC(c2cccc(-n3cccc3)c2)=NC1=O. The van der Waals surface area contributed by atoms with Crippen LogP contribution in [0.3, 0.4) is 0 Å². The number of carboxylic acid groups (broad SMARTS) is 1. The minimum absolute atomic E-state index is 0.201. The van der Waals surface area contributed by atoms with Crippen molar-refractivity contribution in [3.63, 3.8) is 0 Å². The van der Waals surface area contributed by atoms with Crippen molar-refractivity contribution in [2.75, 3.05) is 0 Å². The van der Waals surface area contributed by atoms with Gasteiger partial charge in [-0.25, -0.2) is 4.99 Å². The summed E-state index contributed by atoms with van der Waals surface area (Å²) in [6.45, 7) is 0. The second kappa shape index (κ2) is 5.57. The second-order valence-electron chi connectivity index (χ2n) is 4.60. The molecule has 0 radical (unpaired) electrons. The third-order valence-electron chi connectivity index (χ3n) is 3.10. The highest BCUT2D eigenvalue weighted by Gasteiger charge is 2.30. The number of nitrogens with zero attached hydrogens (tertiary/aromatic N) is 2. The molecule has 0 aliphatic carbocycles. The van der Waals surface area contributed by atoms with Gasteiger partial charge in [-0.2, -0.15) is 0 Å². The monoisotopic (exact) mass is 300 g/mol. The van der Waals surface area contributed by atoms with Crippen molar-refractivity contribution in [1.29, 1.82) is 0 Å². The summed E-state index contributed by atoms with van der Waals surface area (Å²) in [5, 5.41) is 8.76. The Kier molecular flexibility index (Phi) is 3.62. The van der Waals surface area contributed by atoms with Gasteiger partial charge >= 0.3 is 5.97 Å². The summed E-state index contributed by atoms with van der Waals surface area (Å²) in [6, 6.07) is 11.5. The van der Waals surface area contributed by atoms with Gasteiger partial charge in [0, 0.05) is 23.6 Å². The molecule has 6 heteroatoms. The van der Waals surface area contributed by atoms with Crippen LogP contribution in [0, 0.1) is 0 Å². The lowest BCUT2D eigenvalue weighted by Gasteiger charge is -2.07. The molecule has 1 N–H and O–H groups in total. The van der Waals surface area contributed by atoms with Crippen LogP contribution in [-0.2, 0) is 9.59 Å². The molecule has 1 atom stereocenters. The van der Waals surface area contributed by atoms with E-state index in [0.29, 0.717) is 5.04 Å². The van der Waals surface area contributed by atoms with Gasteiger partial charge < -0.3 is 9.67 Å². The maximum atomic E-state index is 11.7. The summed E-state index contributed by atoms with van der Waals surface area (Å²) in [6.07, 6.45) is 3.66. The number of thioether (sulfide) groups is 1. The van der Waals surface area contributed by atoms with Gasteiger partial charge in [0.1, 0.15) is 10.3 Å². The van der Waals surface area contributed by atoms with Crippen molar-refractivity contribution in [3.8, 4) is 5.69 Å². The van der Waals surface area contributed by atoms with Crippen LogP contribution in [0.5, 0.6) is 0 Å². The highest BCUT2D eigenvalue weighted by atomic mass is 32.2. The number of hydrogen-bond donors (Lipinski definition) is 1.